The van der Waals surface area contributed by atoms with Crippen LogP contribution in [0.15, 0.2) is 18.2 Å². The van der Waals surface area contributed by atoms with Gasteiger partial charge in [-0.1, -0.05) is 6.07 Å². The lowest BCUT2D eigenvalue weighted by Crippen LogP contribution is -2.13. The van der Waals surface area contributed by atoms with Crippen LogP contribution in [0.25, 0.3) is 0 Å². The number of nitrogen functional groups attached to an aromatic ring is 1. The van der Waals surface area contributed by atoms with Crippen molar-refractivity contribution in [2.45, 2.75) is 31.4 Å². The quantitative estimate of drug-likeness (QED) is 0.794. The van der Waals surface area contributed by atoms with Gasteiger partial charge < -0.3 is 5.73 Å². The molecule has 1 unspecified atom stereocenters. The third kappa shape index (κ3) is 2.62. The molecule has 0 saturated heterocycles. The zero-order valence-electron chi connectivity index (χ0n) is 10.9. The molecule has 2 aromatic rings. The summed E-state index contributed by atoms with van der Waals surface area (Å²) in [6, 6.07) is 3.21. The smallest absolute Gasteiger partial charge is 0.375 e. The minimum absolute atomic E-state index is 0.190. The van der Waals surface area contributed by atoms with E-state index in [1.807, 2.05) is 0 Å². The van der Waals surface area contributed by atoms with E-state index in [0.29, 0.717) is 10.7 Å². The first kappa shape index (κ1) is 14.3. The van der Waals surface area contributed by atoms with Crippen LogP contribution in [0.2, 0.25) is 0 Å². The number of anilines is 1. The first-order valence-corrected chi connectivity index (χ1v) is 7.29. The molecule has 1 heterocycles. The molecule has 112 valence electrons. The Morgan fingerprint density at radius 2 is 2.05 bits per heavy atom. The predicted octanol–water partition coefficient (Wildman–Crippen LogP) is 4.35. The Balaban J connectivity index is 2.06. The molecule has 1 aromatic heterocycles. The standard InChI is InChI=1S/C14H12F4N2S/c15-10-5-4-7(6-9(10)14(16,17)18)8-2-1-3-11-12(8)21-13(19)20-11/h4-6,8H,1-3H2,(H2,19,20). The van der Waals surface area contributed by atoms with E-state index in [1.54, 1.807) is 0 Å². The number of rotatable bonds is 1. The summed E-state index contributed by atoms with van der Waals surface area (Å²) in [6.45, 7) is 0. The molecule has 7 heteroatoms. The first-order valence-electron chi connectivity index (χ1n) is 6.48. The molecule has 21 heavy (non-hydrogen) atoms. The van der Waals surface area contributed by atoms with Crippen LogP contribution in [0.3, 0.4) is 0 Å². The molecule has 1 aromatic carbocycles. The number of nitrogens with zero attached hydrogens (tertiary/aromatic N) is 1. The van der Waals surface area contributed by atoms with Crippen molar-refractivity contribution in [2.24, 2.45) is 0 Å². The van der Waals surface area contributed by atoms with Crippen LogP contribution in [0, 0.1) is 5.82 Å². The second kappa shape index (κ2) is 4.98. The fourth-order valence-electron chi connectivity index (χ4n) is 2.73. The van der Waals surface area contributed by atoms with Crippen LogP contribution < -0.4 is 5.73 Å². The summed E-state index contributed by atoms with van der Waals surface area (Å²) in [4.78, 5) is 5.12. The summed E-state index contributed by atoms with van der Waals surface area (Å²) < 4.78 is 51.9. The maximum Gasteiger partial charge on any atom is 0.419 e. The van der Waals surface area contributed by atoms with Crippen molar-refractivity contribution in [2.75, 3.05) is 5.73 Å². The van der Waals surface area contributed by atoms with Gasteiger partial charge in [0, 0.05) is 10.8 Å². The maximum atomic E-state index is 13.4. The summed E-state index contributed by atoms with van der Waals surface area (Å²) in [7, 11) is 0. The van der Waals surface area contributed by atoms with Gasteiger partial charge in [0.1, 0.15) is 5.82 Å². The Morgan fingerprint density at radius 3 is 2.76 bits per heavy atom. The van der Waals surface area contributed by atoms with Crippen LogP contribution in [-0.2, 0) is 12.6 Å². The molecule has 0 fully saturated rings. The molecular formula is C14H12F4N2S. The third-order valence-electron chi connectivity index (χ3n) is 3.67. The van der Waals surface area contributed by atoms with Crippen molar-refractivity contribution < 1.29 is 17.6 Å². The minimum atomic E-state index is -4.69. The van der Waals surface area contributed by atoms with Crippen molar-refractivity contribution in [3.8, 4) is 0 Å². The normalized spacial score (nSPS) is 18.6. The number of thiazole rings is 1. The molecule has 0 radical (unpaired) electrons. The van der Waals surface area contributed by atoms with Gasteiger partial charge in [-0.05, 0) is 37.0 Å². The second-order valence-electron chi connectivity index (χ2n) is 5.04. The predicted molar refractivity (Wildman–Crippen MR) is 72.7 cm³/mol. The number of nitrogens with two attached hydrogens (primary N) is 1. The second-order valence-corrected chi connectivity index (χ2v) is 6.11. The largest absolute Gasteiger partial charge is 0.419 e. The average Bonchev–Trinajstić information content (AvgIpc) is 2.78. The molecule has 2 nitrogen and oxygen atoms in total. The van der Waals surface area contributed by atoms with Crippen LogP contribution in [0.5, 0.6) is 0 Å². The average molecular weight is 316 g/mol. The van der Waals surface area contributed by atoms with Gasteiger partial charge in [0.2, 0.25) is 0 Å². The monoisotopic (exact) mass is 316 g/mol. The van der Waals surface area contributed by atoms with E-state index in [4.69, 9.17) is 5.73 Å². The van der Waals surface area contributed by atoms with Crippen molar-refractivity contribution in [3.05, 3.63) is 45.7 Å². The van der Waals surface area contributed by atoms with Crippen molar-refractivity contribution in [1.29, 1.82) is 0 Å². The van der Waals surface area contributed by atoms with E-state index < -0.39 is 17.6 Å². The van der Waals surface area contributed by atoms with Crippen molar-refractivity contribution >= 4 is 16.5 Å². The highest BCUT2D eigenvalue weighted by Crippen LogP contribution is 2.42. The number of benzene rings is 1. The van der Waals surface area contributed by atoms with Gasteiger partial charge in [-0.2, -0.15) is 13.2 Å². The molecule has 0 spiro atoms. The Hall–Kier alpha value is -1.63. The SMILES string of the molecule is Nc1nc2c(s1)C(c1ccc(F)c(C(F)(F)F)c1)CCC2. The highest BCUT2D eigenvalue weighted by Gasteiger charge is 2.35. The molecule has 2 N–H and O–H groups in total. The molecular weight excluding hydrogens is 304 g/mol. The van der Waals surface area contributed by atoms with Gasteiger partial charge >= 0.3 is 6.18 Å². The van der Waals surface area contributed by atoms with Gasteiger partial charge in [0.25, 0.3) is 0 Å². The van der Waals surface area contributed by atoms with Gasteiger partial charge in [0.15, 0.2) is 5.13 Å². The fraction of sp³-hybridized carbons (Fsp3) is 0.357. The van der Waals surface area contributed by atoms with Gasteiger partial charge in [0.05, 0.1) is 11.3 Å². The lowest BCUT2D eigenvalue weighted by atomic mass is 9.85. The van der Waals surface area contributed by atoms with Gasteiger partial charge in [-0.3, -0.25) is 0 Å². The molecule has 1 aliphatic carbocycles. The van der Waals surface area contributed by atoms with E-state index >= 15 is 0 Å². The lowest BCUT2D eigenvalue weighted by molar-refractivity contribution is -0.140. The number of halogens is 4. The van der Waals surface area contributed by atoms with Crippen LogP contribution in [-0.4, -0.2) is 4.98 Å². The highest BCUT2D eigenvalue weighted by molar-refractivity contribution is 7.15. The van der Waals surface area contributed by atoms with Crippen LogP contribution >= 0.6 is 11.3 Å². The van der Waals surface area contributed by atoms with Crippen LogP contribution in [0.4, 0.5) is 22.7 Å². The number of fused-ring (bicyclic) bond motifs is 1. The number of aromatic nitrogens is 1. The highest BCUT2D eigenvalue weighted by atomic mass is 32.1. The summed E-state index contributed by atoms with van der Waals surface area (Å²) in [5.74, 6) is -1.43. The summed E-state index contributed by atoms with van der Waals surface area (Å²) >= 11 is 1.30. The molecule has 0 saturated carbocycles. The molecule has 0 bridgehead atoms. The van der Waals surface area contributed by atoms with E-state index in [1.165, 1.54) is 17.4 Å². The third-order valence-corrected chi connectivity index (χ3v) is 4.71. The Kier molecular flexibility index (Phi) is 3.39. The van der Waals surface area contributed by atoms with E-state index in [-0.39, 0.29) is 5.92 Å². The molecule has 1 aliphatic rings. The topological polar surface area (TPSA) is 38.9 Å². The van der Waals surface area contributed by atoms with Crippen molar-refractivity contribution in [3.63, 3.8) is 0 Å². The summed E-state index contributed by atoms with van der Waals surface area (Å²) in [6.07, 6.45) is -2.35. The van der Waals surface area contributed by atoms with Gasteiger partial charge in [-0.25, -0.2) is 9.37 Å². The molecule has 0 aliphatic heterocycles. The van der Waals surface area contributed by atoms with E-state index in [9.17, 15) is 17.6 Å². The lowest BCUT2D eigenvalue weighted by Gasteiger charge is -2.22. The number of hydrogen-bond donors (Lipinski definition) is 1. The summed E-state index contributed by atoms with van der Waals surface area (Å²) in [5.41, 5.74) is 5.79. The van der Waals surface area contributed by atoms with E-state index in [0.717, 1.165) is 42.0 Å². The number of aryl methyl sites for hydroxylation is 1. The molecule has 0 amide bonds. The molecule has 1 atom stereocenters. The minimum Gasteiger partial charge on any atom is -0.375 e. The Morgan fingerprint density at radius 1 is 1.29 bits per heavy atom. The van der Waals surface area contributed by atoms with Crippen LogP contribution in [0.1, 0.15) is 40.5 Å². The maximum absolute atomic E-state index is 13.4. The Labute approximate surface area is 122 Å². The Bertz CT molecular complexity index is 678. The van der Waals surface area contributed by atoms with E-state index in [2.05, 4.69) is 4.98 Å². The number of hydrogen-bond acceptors (Lipinski definition) is 3. The number of alkyl halides is 3. The van der Waals surface area contributed by atoms with Gasteiger partial charge in [-0.15, -0.1) is 11.3 Å². The zero-order chi connectivity index (χ0) is 15.2. The summed E-state index contributed by atoms with van der Waals surface area (Å²) in [5, 5.41) is 0.421. The zero-order valence-corrected chi connectivity index (χ0v) is 11.7. The fourth-order valence-corrected chi connectivity index (χ4v) is 3.78. The molecule has 3 rings (SSSR count). The first-order chi connectivity index (χ1) is 9.86. The van der Waals surface area contributed by atoms with Crippen molar-refractivity contribution in [1.82, 2.24) is 4.98 Å².